The monoisotopic (exact) mass is 383 g/mol. The summed E-state index contributed by atoms with van der Waals surface area (Å²) in [4.78, 5) is 18.4. The first-order valence-corrected chi connectivity index (χ1v) is 8.71. The maximum absolute atomic E-state index is 13.1. The third kappa shape index (κ3) is 3.28. The fraction of sp³-hybridized carbons (Fsp3) is 0.250. The number of anilines is 1. The Balaban J connectivity index is 1.55. The molecule has 1 aliphatic heterocycles. The smallest absolute Gasteiger partial charge is 0.232 e. The molecule has 4 rings (SSSR count). The van der Waals surface area contributed by atoms with Crippen molar-refractivity contribution in [3.63, 3.8) is 0 Å². The highest BCUT2D eigenvalue weighted by Crippen LogP contribution is 2.34. The van der Waals surface area contributed by atoms with Crippen molar-refractivity contribution in [2.45, 2.75) is 12.3 Å². The Kier molecular flexibility index (Phi) is 4.68. The minimum absolute atomic E-state index is 0.0672. The molecule has 144 valence electrons. The molecule has 1 aliphatic rings. The van der Waals surface area contributed by atoms with E-state index in [1.54, 1.807) is 49.5 Å². The highest BCUT2D eigenvalue weighted by Gasteiger charge is 2.35. The quantitative estimate of drug-likeness (QED) is 0.672. The lowest BCUT2D eigenvalue weighted by atomic mass is 10.1. The van der Waals surface area contributed by atoms with Crippen molar-refractivity contribution in [1.82, 2.24) is 10.1 Å². The van der Waals surface area contributed by atoms with Crippen LogP contribution in [0.15, 0.2) is 47.0 Å². The average Bonchev–Trinajstić information content (AvgIpc) is 3.35. The summed E-state index contributed by atoms with van der Waals surface area (Å²) in [6, 6.07) is 11.2. The zero-order valence-corrected chi connectivity index (χ0v) is 15.4. The molecule has 1 amide bonds. The predicted octanol–water partition coefficient (Wildman–Crippen LogP) is 3.41. The summed E-state index contributed by atoms with van der Waals surface area (Å²) in [5.41, 5.74) is 1.36. The summed E-state index contributed by atoms with van der Waals surface area (Å²) in [6.07, 6.45) is 0.255. The molecule has 0 unspecified atom stereocenters. The van der Waals surface area contributed by atoms with Gasteiger partial charge in [-0.2, -0.15) is 4.98 Å². The van der Waals surface area contributed by atoms with Gasteiger partial charge in [-0.15, -0.1) is 0 Å². The van der Waals surface area contributed by atoms with Crippen LogP contribution in [0.25, 0.3) is 11.4 Å². The van der Waals surface area contributed by atoms with E-state index in [2.05, 4.69) is 10.1 Å². The molecule has 1 atom stereocenters. The van der Waals surface area contributed by atoms with Crippen LogP contribution in [0.1, 0.15) is 18.2 Å². The Hall–Kier alpha value is -3.42. The van der Waals surface area contributed by atoms with Gasteiger partial charge in [0.15, 0.2) is 11.5 Å². The number of methoxy groups -OCH3 is 2. The standard InChI is InChI=1S/C20H18FN3O4/c1-26-16-8-3-12(9-17(16)27-2)19-22-20(28-23-19)13-10-18(25)24(11-13)15-6-4-14(21)5-7-15/h3-9,13H,10-11H2,1-2H3/t13-/m0/s1. The maximum atomic E-state index is 13.1. The van der Waals surface area contributed by atoms with Gasteiger partial charge < -0.3 is 18.9 Å². The van der Waals surface area contributed by atoms with Gasteiger partial charge in [-0.05, 0) is 42.5 Å². The number of ether oxygens (including phenoxy) is 2. The van der Waals surface area contributed by atoms with Crippen LogP contribution in [0.4, 0.5) is 10.1 Å². The van der Waals surface area contributed by atoms with Gasteiger partial charge >= 0.3 is 0 Å². The molecular weight excluding hydrogens is 365 g/mol. The molecule has 2 heterocycles. The average molecular weight is 383 g/mol. The first-order valence-electron chi connectivity index (χ1n) is 8.71. The fourth-order valence-electron chi connectivity index (χ4n) is 3.24. The molecule has 28 heavy (non-hydrogen) atoms. The van der Waals surface area contributed by atoms with Gasteiger partial charge in [0.05, 0.1) is 20.1 Å². The number of rotatable bonds is 5. The van der Waals surface area contributed by atoms with Crippen molar-refractivity contribution in [2.24, 2.45) is 0 Å². The van der Waals surface area contributed by atoms with Gasteiger partial charge in [-0.25, -0.2) is 4.39 Å². The SMILES string of the molecule is COc1ccc(-c2noc([C@H]3CC(=O)N(c4ccc(F)cc4)C3)n2)cc1OC. The van der Waals surface area contributed by atoms with Crippen LogP contribution in [-0.2, 0) is 4.79 Å². The largest absolute Gasteiger partial charge is 0.493 e. The van der Waals surface area contributed by atoms with E-state index in [9.17, 15) is 9.18 Å². The molecule has 0 saturated carbocycles. The van der Waals surface area contributed by atoms with Crippen LogP contribution in [-0.4, -0.2) is 36.8 Å². The van der Waals surface area contributed by atoms with Crippen molar-refractivity contribution in [3.05, 3.63) is 54.2 Å². The Morgan fingerprint density at radius 2 is 1.86 bits per heavy atom. The third-order valence-electron chi connectivity index (χ3n) is 4.70. The van der Waals surface area contributed by atoms with Crippen molar-refractivity contribution in [3.8, 4) is 22.9 Å². The number of carbonyl (C=O) groups excluding carboxylic acids is 1. The van der Waals surface area contributed by atoms with E-state index in [-0.39, 0.29) is 24.1 Å². The van der Waals surface area contributed by atoms with Crippen molar-refractivity contribution >= 4 is 11.6 Å². The minimum Gasteiger partial charge on any atom is -0.493 e. The molecule has 1 aromatic heterocycles. The molecule has 3 aromatic rings. The maximum Gasteiger partial charge on any atom is 0.232 e. The number of carbonyl (C=O) groups is 1. The lowest BCUT2D eigenvalue weighted by Gasteiger charge is -2.15. The van der Waals surface area contributed by atoms with Crippen LogP contribution in [0.3, 0.4) is 0 Å². The Morgan fingerprint density at radius 1 is 1.11 bits per heavy atom. The summed E-state index contributed by atoms with van der Waals surface area (Å²) in [5, 5.41) is 4.03. The second kappa shape index (κ2) is 7.30. The summed E-state index contributed by atoms with van der Waals surface area (Å²) < 4.78 is 29.1. The lowest BCUT2D eigenvalue weighted by Crippen LogP contribution is -2.24. The third-order valence-corrected chi connectivity index (χ3v) is 4.70. The highest BCUT2D eigenvalue weighted by atomic mass is 19.1. The van der Waals surface area contributed by atoms with Crippen LogP contribution in [0, 0.1) is 5.82 Å². The molecule has 0 aliphatic carbocycles. The fourth-order valence-corrected chi connectivity index (χ4v) is 3.24. The molecule has 1 fully saturated rings. The van der Waals surface area contributed by atoms with Crippen molar-refractivity contribution < 1.29 is 23.2 Å². The van der Waals surface area contributed by atoms with E-state index in [4.69, 9.17) is 14.0 Å². The lowest BCUT2D eigenvalue weighted by molar-refractivity contribution is -0.117. The van der Waals surface area contributed by atoms with Gasteiger partial charge in [0, 0.05) is 24.2 Å². The molecule has 0 radical (unpaired) electrons. The van der Waals surface area contributed by atoms with E-state index in [0.717, 1.165) is 0 Å². The summed E-state index contributed by atoms with van der Waals surface area (Å²) in [5.74, 6) is 1.33. The second-order valence-corrected chi connectivity index (χ2v) is 6.41. The molecule has 7 nitrogen and oxygen atoms in total. The van der Waals surface area contributed by atoms with Crippen LogP contribution in [0.2, 0.25) is 0 Å². The molecular formula is C20H18FN3O4. The highest BCUT2D eigenvalue weighted by molar-refractivity contribution is 5.96. The van der Waals surface area contributed by atoms with Crippen LogP contribution in [0.5, 0.6) is 11.5 Å². The number of halogens is 1. The molecule has 0 bridgehead atoms. The van der Waals surface area contributed by atoms with E-state index >= 15 is 0 Å². The number of nitrogens with zero attached hydrogens (tertiary/aromatic N) is 3. The normalized spacial score (nSPS) is 16.5. The van der Waals surface area contributed by atoms with Crippen molar-refractivity contribution in [1.29, 1.82) is 0 Å². The number of hydrogen-bond donors (Lipinski definition) is 0. The van der Waals surface area contributed by atoms with Crippen LogP contribution < -0.4 is 14.4 Å². The minimum atomic E-state index is -0.344. The van der Waals surface area contributed by atoms with Crippen LogP contribution >= 0.6 is 0 Å². The number of hydrogen-bond acceptors (Lipinski definition) is 6. The van der Waals surface area contributed by atoms with Gasteiger partial charge in [0.1, 0.15) is 5.82 Å². The Labute approximate surface area is 160 Å². The molecule has 1 saturated heterocycles. The predicted molar refractivity (Wildman–Crippen MR) is 98.9 cm³/mol. The van der Waals surface area contributed by atoms with E-state index in [1.807, 2.05) is 0 Å². The Morgan fingerprint density at radius 3 is 2.57 bits per heavy atom. The van der Waals surface area contributed by atoms with Gasteiger partial charge in [0.2, 0.25) is 17.6 Å². The molecule has 8 heteroatoms. The van der Waals surface area contributed by atoms with E-state index in [0.29, 0.717) is 41.0 Å². The summed E-state index contributed by atoms with van der Waals surface area (Å²) in [7, 11) is 3.12. The zero-order chi connectivity index (χ0) is 19.7. The molecule has 0 spiro atoms. The zero-order valence-electron chi connectivity index (χ0n) is 15.4. The van der Waals surface area contributed by atoms with E-state index in [1.165, 1.54) is 12.1 Å². The first-order chi connectivity index (χ1) is 13.6. The van der Waals surface area contributed by atoms with Gasteiger partial charge in [-0.3, -0.25) is 4.79 Å². The van der Waals surface area contributed by atoms with E-state index < -0.39 is 0 Å². The summed E-state index contributed by atoms with van der Waals surface area (Å²) >= 11 is 0. The first kappa shape index (κ1) is 18.0. The van der Waals surface area contributed by atoms with Crippen molar-refractivity contribution in [2.75, 3.05) is 25.7 Å². The summed E-state index contributed by atoms with van der Waals surface area (Å²) in [6.45, 7) is 0.401. The molecule has 0 N–H and O–H groups in total. The van der Waals surface area contributed by atoms with Gasteiger partial charge in [0.25, 0.3) is 0 Å². The Bertz CT molecular complexity index is 1000. The topological polar surface area (TPSA) is 77.7 Å². The molecule has 2 aromatic carbocycles. The number of amides is 1. The number of aromatic nitrogens is 2. The number of benzene rings is 2. The second-order valence-electron chi connectivity index (χ2n) is 6.41. The van der Waals surface area contributed by atoms with Gasteiger partial charge in [-0.1, -0.05) is 5.16 Å².